The molecule has 0 amide bonds. The highest BCUT2D eigenvalue weighted by Crippen LogP contribution is 2.25. The molecule has 1 aliphatic rings. The number of ether oxygens (including phenoxy) is 1. The molecule has 2 nitrogen and oxygen atoms in total. The summed E-state index contributed by atoms with van der Waals surface area (Å²) in [4.78, 5) is 12.6. The number of hydrogen-bond acceptors (Lipinski definition) is 3. The molecule has 0 fully saturated rings. The molecule has 0 radical (unpaired) electrons. The predicted molar refractivity (Wildman–Crippen MR) is 65.0 cm³/mol. The Balaban J connectivity index is 2.68. The number of rotatable bonds is 2. The van der Waals surface area contributed by atoms with E-state index in [2.05, 4.69) is 12.6 Å². The normalized spacial score (nSPS) is 23.9. The first kappa shape index (κ1) is 12.6. The van der Waals surface area contributed by atoms with Crippen molar-refractivity contribution in [3.63, 3.8) is 0 Å². The van der Waals surface area contributed by atoms with Crippen LogP contribution in [0.15, 0.2) is 10.5 Å². The van der Waals surface area contributed by atoms with E-state index < -0.39 is 0 Å². The largest absolute Gasteiger partial charge is 0.463 e. The third-order valence-corrected chi connectivity index (χ3v) is 3.20. The molecule has 0 aliphatic heterocycles. The third-order valence-electron chi connectivity index (χ3n) is 2.71. The van der Waals surface area contributed by atoms with Gasteiger partial charge in [0.25, 0.3) is 0 Å². The molecule has 86 valence electrons. The molecule has 15 heavy (non-hydrogen) atoms. The molecule has 1 aliphatic carbocycles. The van der Waals surface area contributed by atoms with Gasteiger partial charge in [0.15, 0.2) is 0 Å². The maximum absolute atomic E-state index is 11.7. The van der Waals surface area contributed by atoms with E-state index in [1.54, 1.807) is 0 Å². The summed E-state index contributed by atoms with van der Waals surface area (Å²) in [5.41, 5.74) is 0.807. The zero-order chi connectivity index (χ0) is 11.1. The molecule has 0 aromatic carbocycles. The van der Waals surface area contributed by atoms with Gasteiger partial charge in [-0.2, -0.15) is 0 Å². The van der Waals surface area contributed by atoms with Gasteiger partial charge in [0, 0.05) is 5.57 Å². The number of allylic oxidation sites excluding steroid dienone is 1. The van der Waals surface area contributed by atoms with Crippen molar-refractivity contribution in [3.05, 3.63) is 10.5 Å². The summed E-state index contributed by atoms with van der Waals surface area (Å²) in [7, 11) is 0. The first-order valence-electron chi connectivity index (χ1n) is 5.83. The molecule has 0 atom stereocenters. The Morgan fingerprint density at radius 3 is 2.47 bits per heavy atom. The number of thiol groups is 1. The second-order valence-electron chi connectivity index (χ2n) is 3.91. The fraction of sp³-hybridized carbons (Fsp3) is 0.750. The van der Waals surface area contributed by atoms with Crippen molar-refractivity contribution < 1.29 is 9.53 Å². The summed E-state index contributed by atoms with van der Waals surface area (Å²) >= 11 is 4.43. The van der Waals surface area contributed by atoms with Gasteiger partial charge in [0.2, 0.25) is 0 Å². The Labute approximate surface area is 97.5 Å². The molecule has 1 rings (SSSR count). The van der Waals surface area contributed by atoms with Gasteiger partial charge in [0.05, 0.1) is 6.61 Å². The van der Waals surface area contributed by atoms with Crippen molar-refractivity contribution >= 4 is 18.6 Å². The highest BCUT2D eigenvalue weighted by Gasteiger charge is 2.15. The van der Waals surface area contributed by atoms with E-state index in [0.717, 1.165) is 36.2 Å². The quantitative estimate of drug-likeness (QED) is 0.578. The molecule has 0 saturated carbocycles. The fourth-order valence-electron chi connectivity index (χ4n) is 1.86. The second-order valence-corrected chi connectivity index (χ2v) is 4.45. The molecule has 3 heteroatoms. The molecule has 0 N–H and O–H groups in total. The van der Waals surface area contributed by atoms with Crippen molar-refractivity contribution in [2.75, 3.05) is 6.61 Å². The van der Waals surface area contributed by atoms with E-state index in [-0.39, 0.29) is 5.97 Å². The highest BCUT2D eigenvalue weighted by atomic mass is 32.1. The van der Waals surface area contributed by atoms with E-state index in [4.69, 9.17) is 4.74 Å². The van der Waals surface area contributed by atoms with Gasteiger partial charge in [-0.25, -0.2) is 4.79 Å². The molecule has 0 spiro atoms. The van der Waals surface area contributed by atoms with Crippen LogP contribution in [0.25, 0.3) is 0 Å². The van der Waals surface area contributed by atoms with E-state index in [1.165, 1.54) is 19.3 Å². The van der Waals surface area contributed by atoms with Gasteiger partial charge < -0.3 is 4.74 Å². The summed E-state index contributed by atoms with van der Waals surface area (Å²) in [6, 6.07) is 0. The maximum Gasteiger partial charge on any atom is 0.334 e. The van der Waals surface area contributed by atoms with Gasteiger partial charge in [-0.15, -0.1) is 12.6 Å². The predicted octanol–water partition coefficient (Wildman–Crippen LogP) is 3.48. The summed E-state index contributed by atoms with van der Waals surface area (Å²) in [5.74, 6) is -0.163. The van der Waals surface area contributed by atoms with Crippen molar-refractivity contribution in [3.8, 4) is 0 Å². The lowest BCUT2D eigenvalue weighted by Gasteiger charge is -2.09. The molecule has 0 saturated heterocycles. The third kappa shape index (κ3) is 4.29. The van der Waals surface area contributed by atoms with E-state index in [0.29, 0.717) is 6.61 Å². The average Bonchev–Trinajstić information content (AvgIpc) is 2.30. The van der Waals surface area contributed by atoms with Crippen LogP contribution in [-0.2, 0) is 9.53 Å². The smallest absolute Gasteiger partial charge is 0.334 e. The minimum Gasteiger partial charge on any atom is -0.463 e. The van der Waals surface area contributed by atoms with Crippen LogP contribution in [0, 0.1) is 0 Å². The first-order valence-corrected chi connectivity index (χ1v) is 6.28. The number of hydrogen-bond donors (Lipinski definition) is 1. The average molecular weight is 228 g/mol. The summed E-state index contributed by atoms with van der Waals surface area (Å²) in [6.45, 7) is 2.29. The Morgan fingerprint density at radius 2 is 1.80 bits per heavy atom. The van der Waals surface area contributed by atoms with Crippen molar-refractivity contribution in [2.45, 2.75) is 51.9 Å². The Bertz CT molecular complexity index is 246. The van der Waals surface area contributed by atoms with Crippen LogP contribution in [0.2, 0.25) is 0 Å². The van der Waals surface area contributed by atoms with Crippen LogP contribution in [0.5, 0.6) is 0 Å². The van der Waals surface area contributed by atoms with Gasteiger partial charge in [-0.05, 0) is 37.5 Å². The lowest BCUT2D eigenvalue weighted by Crippen LogP contribution is -2.09. The van der Waals surface area contributed by atoms with Gasteiger partial charge in [-0.1, -0.05) is 19.3 Å². The van der Waals surface area contributed by atoms with Crippen LogP contribution < -0.4 is 0 Å². The molecule has 0 heterocycles. The summed E-state index contributed by atoms with van der Waals surface area (Å²) in [6.07, 6.45) is 7.72. The molecule has 0 unspecified atom stereocenters. The van der Waals surface area contributed by atoms with Crippen LogP contribution in [0.3, 0.4) is 0 Å². The van der Waals surface area contributed by atoms with Crippen molar-refractivity contribution in [1.29, 1.82) is 0 Å². The topological polar surface area (TPSA) is 26.3 Å². The van der Waals surface area contributed by atoms with Gasteiger partial charge >= 0.3 is 5.97 Å². The number of carbonyl (C=O) groups is 1. The van der Waals surface area contributed by atoms with Crippen molar-refractivity contribution in [2.24, 2.45) is 0 Å². The minimum absolute atomic E-state index is 0.163. The zero-order valence-corrected chi connectivity index (χ0v) is 10.3. The van der Waals surface area contributed by atoms with Crippen LogP contribution in [0.1, 0.15) is 51.9 Å². The number of esters is 1. The van der Waals surface area contributed by atoms with Gasteiger partial charge in [-0.3, -0.25) is 0 Å². The monoisotopic (exact) mass is 228 g/mol. The Morgan fingerprint density at radius 1 is 1.20 bits per heavy atom. The SMILES string of the molecule is CCOC(=O)/C1=C(\S)CCCCCCC1. The molecule has 0 bridgehead atoms. The summed E-state index contributed by atoms with van der Waals surface area (Å²) in [5, 5.41) is 0. The molecular formula is C12H20O2S. The zero-order valence-electron chi connectivity index (χ0n) is 9.42. The molecule has 0 aromatic heterocycles. The standard InChI is InChI=1S/C12H20O2S/c1-2-14-12(13)10-8-6-4-3-5-7-9-11(10)15/h15H,2-9H2,1H3/b11-10-. The number of carbonyl (C=O) groups excluding carboxylic acids is 1. The summed E-state index contributed by atoms with van der Waals surface area (Å²) < 4.78 is 5.04. The van der Waals surface area contributed by atoms with Gasteiger partial charge in [0.1, 0.15) is 0 Å². The lowest BCUT2D eigenvalue weighted by atomic mass is 10.1. The van der Waals surface area contributed by atoms with Crippen LogP contribution >= 0.6 is 12.6 Å². The first-order chi connectivity index (χ1) is 7.25. The highest BCUT2D eigenvalue weighted by molar-refractivity contribution is 7.84. The van der Waals surface area contributed by atoms with E-state index in [1.807, 2.05) is 6.92 Å². The van der Waals surface area contributed by atoms with E-state index in [9.17, 15) is 4.79 Å². The maximum atomic E-state index is 11.7. The van der Waals surface area contributed by atoms with Crippen LogP contribution in [-0.4, -0.2) is 12.6 Å². The fourth-order valence-corrected chi connectivity index (χ4v) is 2.22. The van der Waals surface area contributed by atoms with Crippen LogP contribution in [0.4, 0.5) is 0 Å². The Hall–Kier alpha value is -0.440. The lowest BCUT2D eigenvalue weighted by molar-refractivity contribution is -0.138. The second kappa shape index (κ2) is 6.94. The molecule has 0 aromatic rings. The van der Waals surface area contributed by atoms with Crippen molar-refractivity contribution in [1.82, 2.24) is 0 Å². The molecular weight excluding hydrogens is 208 g/mol. The van der Waals surface area contributed by atoms with E-state index >= 15 is 0 Å². The minimum atomic E-state index is -0.163. The Kier molecular flexibility index (Phi) is 5.84.